The standard InChI is InChI=1S/C17H28O3/c1-5-8-20-17-7-6-14(10-16(17)12(2)3)13(4)9-15(19)11-18/h6-7,10,12-13,15,18-19H,5,8-9,11H2,1-4H3. The lowest BCUT2D eigenvalue weighted by molar-refractivity contribution is 0.0835. The molecule has 3 nitrogen and oxygen atoms in total. The Morgan fingerprint density at radius 1 is 1.20 bits per heavy atom. The van der Waals surface area contributed by atoms with Crippen molar-refractivity contribution in [3.05, 3.63) is 29.3 Å². The summed E-state index contributed by atoms with van der Waals surface area (Å²) >= 11 is 0. The Kier molecular flexibility index (Phi) is 7.03. The molecule has 2 N–H and O–H groups in total. The average molecular weight is 280 g/mol. The third-order valence-corrected chi connectivity index (χ3v) is 3.52. The summed E-state index contributed by atoms with van der Waals surface area (Å²) < 4.78 is 5.80. The first-order valence-corrected chi connectivity index (χ1v) is 7.55. The maximum absolute atomic E-state index is 9.56. The minimum atomic E-state index is -0.650. The number of benzene rings is 1. The first kappa shape index (κ1) is 17.0. The number of aliphatic hydroxyl groups is 2. The van der Waals surface area contributed by atoms with E-state index >= 15 is 0 Å². The molecule has 0 aliphatic carbocycles. The van der Waals surface area contributed by atoms with Gasteiger partial charge in [0.15, 0.2) is 0 Å². The molecule has 1 rings (SSSR count). The number of hydrogen-bond donors (Lipinski definition) is 2. The Bertz CT molecular complexity index is 401. The molecule has 2 atom stereocenters. The van der Waals surface area contributed by atoms with Crippen LogP contribution in [0.2, 0.25) is 0 Å². The fraction of sp³-hybridized carbons (Fsp3) is 0.647. The number of rotatable bonds is 8. The summed E-state index contributed by atoms with van der Waals surface area (Å²) in [5, 5.41) is 18.5. The fourth-order valence-electron chi connectivity index (χ4n) is 2.29. The van der Waals surface area contributed by atoms with E-state index in [1.54, 1.807) is 0 Å². The van der Waals surface area contributed by atoms with Crippen molar-refractivity contribution in [3.63, 3.8) is 0 Å². The van der Waals surface area contributed by atoms with Crippen LogP contribution in [0.15, 0.2) is 18.2 Å². The highest BCUT2D eigenvalue weighted by atomic mass is 16.5. The summed E-state index contributed by atoms with van der Waals surface area (Å²) in [5.41, 5.74) is 2.39. The summed E-state index contributed by atoms with van der Waals surface area (Å²) in [6.07, 6.45) is 0.921. The van der Waals surface area contributed by atoms with Gasteiger partial charge in [-0.15, -0.1) is 0 Å². The van der Waals surface area contributed by atoms with E-state index in [-0.39, 0.29) is 12.5 Å². The van der Waals surface area contributed by atoms with Gasteiger partial charge in [-0.2, -0.15) is 0 Å². The van der Waals surface area contributed by atoms with Gasteiger partial charge in [-0.05, 0) is 41.9 Å². The summed E-state index contributed by atoms with van der Waals surface area (Å²) in [4.78, 5) is 0. The third-order valence-electron chi connectivity index (χ3n) is 3.52. The molecule has 20 heavy (non-hydrogen) atoms. The van der Waals surface area contributed by atoms with Crippen molar-refractivity contribution >= 4 is 0 Å². The number of aliphatic hydroxyl groups excluding tert-OH is 2. The van der Waals surface area contributed by atoms with Crippen LogP contribution in [0.4, 0.5) is 0 Å². The van der Waals surface area contributed by atoms with Crippen molar-refractivity contribution in [2.24, 2.45) is 0 Å². The molecule has 0 radical (unpaired) electrons. The highest BCUT2D eigenvalue weighted by Gasteiger charge is 2.15. The zero-order valence-corrected chi connectivity index (χ0v) is 13.1. The predicted molar refractivity (Wildman–Crippen MR) is 82.4 cm³/mol. The number of hydrogen-bond acceptors (Lipinski definition) is 3. The molecule has 2 unspecified atom stereocenters. The van der Waals surface area contributed by atoms with E-state index in [1.165, 1.54) is 11.1 Å². The molecule has 0 saturated heterocycles. The van der Waals surface area contributed by atoms with Crippen molar-refractivity contribution < 1.29 is 14.9 Å². The maximum atomic E-state index is 9.56. The molecule has 1 aromatic rings. The molecule has 3 heteroatoms. The smallest absolute Gasteiger partial charge is 0.122 e. The van der Waals surface area contributed by atoms with Crippen LogP contribution < -0.4 is 4.74 Å². The van der Waals surface area contributed by atoms with Gasteiger partial charge in [-0.3, -0.25) is 0 Å². The van der Waals surface area contributed by atoms with Crippen LogP contribution in [-0.2, 0) is 0 Å². The quantitative estimate of drug-likeness (QED) is 0.767. The van der Waals surface area contributed by atoms with Crippen LogP contribution in [0, 0.1) is 0 Å². The van der Waals surface area contributed by atoms with Crippen LogP contribution in [0.3, 0.4) is 0 Å². The highest BCUT2D eigenvalue weighted by Crippen LogP contribution is 2.31. The van der Waals surface area contributed by atoms with Gasteiger partial charge in [0.1, 0.15) is 5.75 Å². The van der Waals surface area contributed by atoms with Crippen molar-refractivity contribution in [1.82, 2.24) is 0 Å². The fourth-order valence-corrected chi connectivity index (χ4v) is 2.29. The maximum Gasteiger partial charge on any atom is 0.122 e. The second kappa shape index (κ2) is 8.28. The monoisotopic (exact) mass is 280 g/mol. The van der Waals surface area contributed by atoms with Gasteiger partial charge < -0.3 is 14.9 Å². The van der Waals surface area contributed by atoms with Crippen molar-refractivity contribution in [2.45, 2.75) is 58.5 Å². The third kappa shape index (κ3) is 4.80. The minimum Gasteiger partial charge on any atom is -0.493 e. The first-order valence-electron chi connectivity index (χ1n) is 7.55. The molecule has 0 aliphatic heterocycles. The van der Waals surface area contributed by atoms with Crippen LogP contribution >= 0.6 is 0 Å². The Labute approximate surface area is 122 Å². The van der Waals surface area contributed by atoms with Gasteiger partial charge in [0.25, 0.3) is 0 Å². The highest BCUT2D eigenvalue weighted by molar-refractivity contribution is 5.40. The van der Waals surface area contributed by atoms with Gasteiger partial charge in [0.05, 0.1) is 19.3 Å². The van der Waals surface area contributed by atoms with Gasteiger partial charge >= 0.3 is 0 Å². The normalized spacial score (nSPS) is 14.3. The van der Waals surface area contributed by atoms with Gasteiger partial charge in [0.2, 0.25) is 0 Å². The van der Waals surface area contributed by atoms with Crippen molar-refractivity contribution in [3.8, 4) is 5.75 Å². The topological polar surface area (TPSA) is 49.7 Å². The molecular formula is C17H28O3. The summed E-state index contributed by atoms with van der Waals surface area (Å²) in [5.74, 6) is 1.58. The van der Waals surface area contributed by atoms with Crippen LogP contribution in [0.5, 0.6) is 5.75 Å². The molecular weight excluding hydrogens is 252 g/mol. The van der Waals surface area contributed by atoms with Gasteiger partial charge in [-0.25, -0.2) is 0 Å². The molecule has 0 aromatic heterocycles. The Balaban J connectivity index is 2.91. The molecule has 0 spiro atoms. The summed E-state index contributed by atoms with van der Waals surface area (Å²) in [6, 6.07) is 6.26. The molecule has 0 fully saturated rings. The second-order valence-corrected chi connectivity index (χ2v) is 5.77. The van der Waals surface area contributed by atoms with E-state index in [4.69, 9.17) is 9.84 Å². The lowest BCUT2D eigenvalue weighted by atomic mass is 9.91. The van der Waals surface area contributed by atoms with E-state index in [2.05, 4.69) is 39.8 Å². The van der Waals surface area contributed by atoms with Crippen LogP contribution in [0.25, 0.3) is 0 Å². The molecule has 0 aliphatic rings. The van der Waals surface area contributed by atoms with E-state index in [1.807, 2.05) is 6.07 Å². The SMILES string of the molecule is CCCOc1ccc(C(C)CC(O)CO)cc1C(C)C. The average Bonchev–Trinajstić information content (AvgIpc) is 2.44. The Hall–Kier alpha value is -1.06. The molecule has 0 saturated carbocycles. The Morgan fingerprint density at radius 3 is 2.45 bits per heavy atom. The van der Waals surface area contributed by atoms with Crippen molar-refractivity contribution in [1.29, 1.82) is 0 Å². The van der Waals surface area contributed by atoms with Crippen molar-refractivity contribution in [2.75, 3.05) is 13.2 Å². The van der Waals surface area contributed by atoms with E-state index in [0.717, 1.165) is 18.8 Å². The van der Waals surface area contributed by atoms with E-state index in [0.29, 0.717) is 12.3 Å². The Morgan fingerprint density at radius 2 is 1.90 bits per heavy atom. The van der Waals surface area contributed by atoms with Crippen LogP contribution in [0.1, 0.15) is 63.5 Å². The molecule has 0 amide bonds. The minimum absolute atomic E-state index is 0.181. The zero-order valence-electron chi connectivity index (χ0n) is 13.1. The van der Waals surface area contributed by atoms with Gasteiger partial charge in [0, 0.05) is 0 Å². The summed E-state index contributed by atoms with van der Waals surface area (Å²) in [7, 11) is 0. The predicted octanol–water partition coefficient (Wildman–Crippen LogP) is 3.45. The zero-order chi connectivity index (χ0) is 15.1. The lowest BCUT2D eigenvalue weighted by Crippen LogP contribution is -2.15. The lowest BCUT2D eigenvalue weighted by Gasteiger charge is -2.19. The van der Waals surface area contributed by atoms with Crippen LogP contribution in [-0.4, -0.2) is 29.5 Å². The van der Waals surface area contributed by atoms with Gasteiger partial charge in [-0.1, -0.05) is 39.8 Å². The van der Waals surface area contributed by atoms with E-state index < -0.39 is 6.10 Å². The molecule has 114 valence electrons. The molecule has 1 aromatic carbocycles. The number of ether oxygens (including phenoxy) is 1. The van der Waals surface area contributed by atoms with E-state index in [9.17, 15) is 5.11 Å². The second-order valence-electron chi connectivity index (χ2n) is 5.77. The first-order chi connectivity index (χ1) is 9.49. The molecule has 0 heterocycles. The largest absolute Gasteiger partial charge is 0.493 e. The summed E-state index contributed by atoms with van der Waals surface area (Å²) in [6.45, 7) is 9.04. The molecule has 0 bridgehead atoms.